The zero-order valence-electron chi connectivity index (χ0n) is 14.5. The summed E-state index contributed by atoms with van der Waals surface area (Å²) in [5, 5.41) is 12.7. The molecule has 132 valence electrons. The van der Waals surface area contributed by atoms with Gasteiger partial charge in [0, 0.05) is 24.2 Å². The number of fused-ring (bicyclic) bond motifs is 1. The van der Waals surface area contributed by atoms with Gasteiger partial charge in [-0.2, -0.15) is 9.61 Å². The molecule has 0 aliphatic carbocycles. The molecule has 0 aliphatic rings. The first-order valence-corrected chi connectivity index (χ1v) is 9.22. The van der Waals surface area contributed by atoms with Crippen LogP contribution >= 0.6 is 11.3 Å². The molecule has 26 heavy (non-hydrogen) atoms. The lowest BCUT2D eigenvalue weighted by Gasteiger charge is -2.17. The predicted octanol–water partition coefficient (Wildman–Crippen LogP) is 3.07. The van der Waals surface area contributed by atoms with Gasteiger partial charge in [-0.25, -0.2) is 9.67 Å². The molecule has 1 atom stereocenters. The summed E-state index contributed by atoms with van der Waals surface area (Å²) in [5.41, 5.74) is 2.72. The summed E-state index contributed by atoms with van der Waals surface area (Å²) in [6.45, 7) is 4.04. The number of nitrogens with one attached hydrogen (secondary N) is 1. The van der Waals surface area contributed by atoms with Crippen LogP contribution in [0.25, 0.3) is 10.6 Å². The number of hydrogen-bond acceptors (Lipinski definition) is 6. The molecular weight excluding hydrogens is 348 g/mol. The van der Waals surface area contributed by atoms with Crippen LogP contribution in [0.15, 0.2) is 53.6 Å². The zero-order chi connectivity index (χ0) is 18.1. The molecular formula is C18H18N6OS. The van der Waals surface area contributed by atoms with E-state index in [1.807, 2.05) is 42.1 Å². The van der Waals surface area contributed by atoms with Gasteiger partial charge in [-0.1, -0.05) is 36.5 Å². The average molecular weight is 366 g/mol. The predicted molar refractivity (Wildman–Crippen MR) is 102 cm³/mol. The summed E-state index contributed by atoms with van der Waals surface area (Å²) in [6.07, 6.45) is 4.39. The van der Waals surface area contributed by atoms with Crippen molar-refractivity contribution in [3.8, 4) is 5.69 Å². The van der Waals surface area contributed by atoms with Gasteiger partial charge >= 0.3 is 0 Å². The number of benzene rings is 1. The van der Waals surface area contributed by atoms with Crippen molar-refractivity contribution >= 4 is 21.4 Å². The molecule has 4 aromatic rings. The molecule has 0 fully saturated rings. The fourth-order valence-corrected chi connectivity index (χ4v) is 3.74. The molecule has 0 spiro atoms. The molecule has 0 bridgehead atoms. The standard InChI is InChI=1S/C18H18N6OS/c1-3-13-11-16(25)24-18(21-13)26-17(22-24)20-12(2)14-7-4-5-8-15(14)23-10-6-9-19-23/h4-12H,3H2,1-2H3,(H,20,22). The maximum atomic E-state index is 12.2. The number of aryl methyl sites for hydroxylation is 1. The smallest absolute Gasteiger partial charge is 0.275 e. The molecule has 3 aromatic heterocycles. The van der Waals surface area contributed by atoms with Crippen molar-refractivity contribution in [1.29, 1.82) is 0 Å². The monoisotopic (exact) mass is 366 g/mol. The van der Waals surface area contributed by atoms with E-state index >= 15 is 0 Å². The highest BCUT2D eigenvalue weighted by atomic mass is 32.1. The lowest BCUT2D eigenvalue weighted by atomic mass is 10.1. The molecule has 1 aromatic carbocycles. The van der Waals surface area contributed by atoms with E-state index in [-0.39, 0.29) is 11.6 Å². The Morgan fingerprint density at radius 1 is 1.27 bits per heavy atom. The van der Waals surface area contributed by atoms with Crippen LogP contribution in [0.3, 0.4) is 0 Å². The van der Waals surface area contributed by atoms with Crippen molar-refractivity contribution in [2.45, 2.75) is 26.3 Å². The first-order valence-electron chi connectivity index (χ1n) is 8.41. The SMILES string of the molecule is CCc1cc(=O)n2nc(NC(C)c3ccccc3-n3cccn3)sc2n1. The van der Waals surface area contributed by atoms with Gasteiger partial charge in [0.05, 0.1) is 11.7 Å². The minimum atomic E-state index is -0.152. The molecule has 0 saturated heterocycles. The topological polar surface area (TPSA) is 77.1 Å². The first kappa shape index (κ1) is 16.5. The van der Waals surface area contributed by atoms with E-state index in [1.54, 1.807) is 6.20 Å². The molecule has 8 heteroatoms. The Hall–Kier alpha value is -3.00. The molecule has 1 N–H and O–H groups in total. The van der Waals surface area contributed by atoms with E-state index in [2.05, 4.69) is 33.5 Å². The molecule has 7 nitrogen and oxygen atoms in total. The van der Waals surface area contributed by atoms with Crippen molar-refractivity contribution in [3.05, 3.63) is 70.4 Å². The highest BCUT2D eigenvalue weighted by Crippen LogP contribution is 2.26. The van der Waals surface area contributed by atoms with Crippen LogP contribution in [-0.4, -0.2) is 24.4 Å². The average Bonchev–Trinajstić information content (AvgIpc) is 3.31. The molecule has 0 aliphatic heterocycles. The Bertz CT molecular complexity index is 1100. The number of aromatic nitrogens is 5. The lowest BCUT2D eigenvalue weighted by Crippen LogP contribution is -2.16. The van der Waals surface area contributed by atoms with Crippen molar-refractivity contribution in [3.63, 3.8) is 0 Å². The quantitative estimate of drug-likeness (QED) is 0.587. The van der Waals surface area contributed by atoms with Gasteiger partial charge in [0.25, 0.3) is 5.56 Å². The van der Waals surface area contributed by atoms with Crippen LogP contribution in [-0.2, 0) is 6.42 Å². The van der Waals surface area contributed by atoms with Gasteiger partial charge in [0.1, 0.15) is 0 Å². The van der Waals surface area contributed by atoms with E-state index in [0.717, 1.165) is 23.4 Å². The van der Waals surface area contributed by atoms with Gasteiger partial charge in [-0.3, -0.25) is 4.79 Å². The molecule has 1 unspecified atom stereocenters. The highest BCUT2D eigenvalue weighted by molar-refractivity contribution is 7.20. The minimum Gasteiger partial charge on any atom is -0.353 e. The fourth-order valence-electron chi connectivity index (χ4n) is 2.83. The minimum absolute atomic E-state index is 0.0164. The zero-order valence-corrected chi connectivity index (χ0v) is 15.3. The van der Waals surface area contributed by atoms with E-state index in [4.69, 9.17) is 0 Å². The summed E-state index contributed by atoms with van der Waals surface area (Å²) in [5.74, 6) is 0. The molecule has 0 radical (unpaired) electrons. The first-order chi connectivity index (χ1) is 12.7. The number of hydrogen-bond donors (Lipinski definition) is 1. The van der Waals surface area contributed by atoms with Gasteiger partial charge in [-0.15, -0.1) is 5.10 Å². The van der Waals surface area contributed by atoms with Crippen LogP contribution in [0, 0.1) is 0 Å². The van der Waals surface area contributed by atoms with E-state index in [0.29, 0.717) is 10.1 Å². The summed E-state index contributed by atoms with van der Waals surface area (Å²) in [6, 6.07) is 11.5. The molecule has 0 saturated carbocycles. The Balaban J connectivity index is 1.67. The van der Waals surface area contributed by atoms with Gasteiger partial charge in [-0.05, 0) is 31.0 Å². The second-order valence-electron chi connectivity index (χ2n) is 5.92. The number of para-hydroxylation sites is 1. The third-order valence-electron chi connectivity index (χ3n) is 4.15. The third kappa shape index (κ3) is 2.99. The lowest BCUT2D eigenvalue weighted by molar-refractivity contribution is 0.807. The number of rotatable bonds is 5. The Labute approximate surface area is 154 Å². The molecule has 4 rings (SSSR count). The van der Waals surface area contributed by atoms with E-state index in [9.17, 15) is 4.79 Å². The van der Waals surface area contributed by atoms with Crippen LogP contribution in [0.5, 0.6) is 0 Å². The maximum absolute atomic E-state index is 12.2. The van der Waals surface area contributed by atoms with E-state index in [1.165, 1.54) is 21.9 Å². The molecule has 3 heterocycles. The van der Waals surface area contributed by atoms with Gasteiger partial charge in [0.2, 0.25) is 10.1 Å². The van der Waals surface area contributed by atoms with Crippen molar-refractivity contribution in [2.24, 2.45) is 0 Å². The van der Waals surface area contributed by atoms with Crippen LogP contribution < -0.4 is 10.9 Å². The summed E-state index contributed by atoms with van der Waals surface area (Å²) in [7, 11) is 0. The van der Waals surface area contributed by atoms with Crippen molar-refractivity contribution in [2.75, 3.05) is 5.32 Å². The second kappa shape index (κ2) is 6.72. The molecule has 0 amide bonds. The maximum Gasteiger partial charge on any atom is 0.275 e. The summed E-state index contributed by atoms with van der Waals surface area (Å²) >= 11 is 1.37. The van der Waals surface area contributed by atoms with Crippen LogP contribution in [0.2, 0.25) is 0 Å². The largest absolute Gasteiger partial charge is 0.353 e. The van der Waals surface area contributed by atoms with Crippen molar-refractivity contribution < 1.29 is 0 Å². The third-order valence-corrected chi connectivity index (χ3v) is 4.99. The summed E-state index contributed by atoms with van der Waals surface area (Å²) in [4.78, 5) is 17.2. The highest BCUT2D eigenvalue weighted by Gasteiger charge is 2.15. The van der Waals surface area contributed by atoms with Crippen LogP contribution in [0.4, 0.5) is 5.13 Å². The van der Waals surface area contributed by atoms with Gasteiger partial charge < -0.3 is 5.32 Å². The number of nitrogens with zero attached hydrogens (tertiary/aromatic N) is 5. The fraction of sp³-hybridized carbons (Fsp3) is 0.222. The van der Waals surface area contributed by atoms with Gasteiger partial charge in [0.15, 0.2) is 0 Å². The summed E-state index contributed by atoms with van der Waals surface area (Å²) < 4.78 is 3.18. The Kier molecular flexibility index (Phi) is 4.26. The van der Waals surface area contributed by atoms with Crippen LogP contribution in [0.1, 0.15) is 31.1 Å². The van der Waals surface area contributed by atoms with E-state index < -0.39 is 0 Å². The second-order valence-corrected chi connectivity index (χ2v) is 6.87. The number of anilines is 1. The normalized spacial score (nSPS) is 12.4. The van der Waals surface area contributed by atoms with Crippen molar-refractivity contribution in [1.82, 2.24) is 24.4 Å². The Morgan fingerprint density at radius 2 is 2.12 bits per heavy atom. The Morgan fingerprint density at radius 3 is 2.88 bits per heavy atom.